The van der Waals surface area contributed by atoms with Crippen LogP contribution in [0.15, 0.2) is 54.6 Å². The normalized spacial score (nSPS) is 12.4. The summed E-state index contributed by atoms with van der Waals surface area (Å²) in [5.41, 5.74) is 2.18. The maximum atomic E-state index is 12.2. The summed E-state index contributed by atoms with van der Waals surface area (Å²) in [6, 6.07) is 16.5. The fourth-order valence-electron chi connectivity index (χ4n) is 2.31. The van der Waals surface area contributed by atoms with E-state index in [4.69, 9.17) is 0 Å². The standard InChI is InChI=1S/C18H22N2O3S/c1-14(8-9-15-6-4-3-5-7-15)19-18(21)16-10-12-17(13-11-16)20-24(2,22)23/h3-7,10-14,20H,8-9H2,1-2H3,(H,19,21)/t14-/m1/s1. The first kappa shape index (κ1) is 18.0. The third-order valence-corrected chi connectivity index (χ3v) is 4.14. The Morgan fingerprint density at radius 1 is 1.04 bits per heavy atom. The summed E-state index contributed by atoms with van der Waals surface area (Å²) in [7, 11) is -3.31. The number of nitrogens with one attached hydrogen (secondary N) is 2. The van der Waals surface area contributed by atoms with E-state index in [1.165, 1.54) is 5.56 Å². The van der Waals surface area contributed by atoms with Gasteiger partial charge in [0.05, 0.1) is 6.26 Å². The van der Waals surface area contributed by atoms with Crippen LogP contribution in [0.1, 0.15) is 29.3 Å². The molecule has 0 fully saturated rings. The SMILES string of the molecule is C[C@H](CCc1ccccc1)NC(=O)c1ccc(NS(C)(=O)=O)cc1. The van der Waals surface area contributed by atoms with Gasteiger partial charge in [-0.2, -0.15) is 0 Å². The minimum absolute atomic E-state index is 0.0477. The van der Waals surface area contributed by atoms with E-state index < -0.39 is 10.0 Å². The van der Waals surface area contributed by atoms with Gasteiger partial charge in [0.15, 0.2) is 0 Å². The van der Waals surface area contributed by atoms with Crippen LogP contribution in [0.25, 0.3) is 0 Å². The predicted octanol–water partition coefficient (Wildman–Crippen LogP) is 2.81. The maximum Gasteiger partial charge on any atom is 0.251 e. The van der Waals surface area contributed by atoms with Gasteiger partial charge in [-0.1, -0.05) is 30.3 Å². The lowest BCUT2D eigenvalue weighted by Crippen LogP contribution is -2.32. The summed E-state index contributed by atoms with van der Waals surface area (Å²) < 4.78 is 24.7. The molecule has 2 N–H and O–H groups in total. The quantitative estimate of drug-likeness (QED) is 0.809. The molecule has 1 amide bonds. The Hall–Kier alpha value is -2.34. The zero-order valence-corrected chi connectivity index (χ0v) is 14.6. The summed E-state index contributed by atoms with van der Waals surface area (Å²) in [5.74, 6) is -0.165. The van der Waals surface area contributed by atoms with Crippen molar-refractivity contribution < 1.29 is 13.2 Å². The topological polar surface area (TPSA) is 75.3 Å². The van der Waals surface area contributed by atoms with Gasteiger partial charge < -0.3 is 5.32 Å². The Kier molecular flexibility index (Phi) is 5.98. The number of rotatable bonds is 7. The highest BCUT2D eigenvalue weighted by Crippen LogP contribution is 2.11. The van der Waals surface area contributed by atoms with Crippen molar-refractivity contribution in [2.75, 3.05) is 11.0 Å². The molecule has 0 bridgehead atoms. The molecular weight excluding hydrogens is 324 g/mol. The number of benzene rings is 2. The van der Waals surface area contributed by atoms with Gasteiger partial charge in [0, 0.05) is 17.3 Å². The highest BCUT2D eigenvalue weighted by atomic mass is 32.2. The molecule has 128 valence electrons. The molecule has 0 radical (unpaired) electrons. The number of hydrogen-bond donors (Lipinski definition) is 2. The van der Waals surface area contributed by atoms with Gasteiger partial charge in [0.25, 0.3) is 5.91 Å². The van der Waals surface area contributed by atoms with Crippen LogP contribution in [0.5, 0.6) is 0 Å². The third-order valence-electron chi connectivity index (χ3n) is 3.54. The highest BCUT2D eigenvalue weighted by Gasteiger charge is 2.10. The van der Waals surface area contributed by atoms with E-state index in [9.17, 15) is 13.2 Å². The second-order valence-electron chi connectivity index (χ2n) is 5.85. The average Bonchev–Trinajstić information content (AvgIpc) is 2.53. The number of hydrogen-bond acceptors (Lipinski definition) is 3. The lowest BCUT2D eigenvalue weighted by Gasteiger charge is -2.14. The molecule has 0 aliphatic carbocycles. The highest BCUT2D eigenvalue weighted by molar-refractivity contribution is 7.92. The third kappa shape index (κ3) is 6.04. The smallest absolute Gasteiger partial charge is 0.251 e. The van der Waals surface area contributed by atoms with Gasteiger partial charge in [-0.15, -0.1) is 0 Å². The van der Waals surface area contributed by atoms with Crippen molar-refractivity contribution in [3.05, 3.63) is 65.7 Å². The van der Waals surface area contributed by atoms with E-state index in [1.54, 1.807) is 24.3 Å². The van der Waals surface area contributed by atoms with E-state index in [0.29, 0.717) is 11.3 Å². The monoisotopic (exact) mass is 346 g/mol. The van der Waals surface area contributed by atoms with Crippen molar-refractivity contribution in [3.63, 3.8) is 0 Å². The fraction of sp³-hybridized carbons (Fsp3) is 0.278. The van der Waals surface area contributed by atoms with Crippen LogP contribution >= 0.6 is 0 Å². The van der Waals surface area contributed by atoms with E-state index >= 15 is 0 Å². The molecule has 0 aliphatic rings. The summed E-state index contributed by atoms with van der Waals surface area (Å²) in [4.78, 5) is 12.2. The van der Waals surface area contributed by atoms with Crippen LogP contribution in [0.4, 0.5) is 5.69 Å². The van der Waals surface area contributed by atoms with Crippen molar-refractivity contribution in [1.29, 1.82) is 0 Å². The Bertz CT molecular complexity index is 772. The summed E-state index contributed by atoms with van der Waals surface area (Å²) in [5, 5.41) is 2.96. The van der Waals surface area contributed by atoms with Gasteiger partial charge >= 0.3 is 0 Å². The Morgan fingerprint density at radius 2 is 1.67 bits per heavy atom. The molecule has 0 spiro atoms. The molecule has 6 heteroatoms. The van der Waals surface area contributed by atoms with Gasteiger partial charge in [-0.3, -0.25) is 9.52 Å². The van der Waals surface area contributed by atoms with Gasteiger partial charge in [0.2, 0.25) is 10.0 Å². The van der Waals surface area contributed by atoms with Crippen molar-refractivity contribution in [2.24, 2.45) is 0 Å². The molecule has 2 aromatic rings. The van der Waals surface area contributed by atoms with Crippen LogP contribution in [-0.4, -0.2) is 26.6 Å². The van der Waals surface area contributed by atoms with Crippen molar-refractivity contribution in [3.8, 4) is 0 Å². The first-order chi connectivity index (χ1) is 11.3. The second kappa shape index (κ2) is 7.97. The lowest BCUT2D eigenvalue weighted by molar-refractivity contribution is 0.0938. The van der Waals surface area contributed by atoms with Crippen LogP contribution in [0.2, 0.25) is 0 Å². The van der Waals surface area contributed by atoms with Crippen LogP contribution in [0.3, 0.4) is 0 Å². The first-order valence-corrected chi connectivity index (χ1v) is 9.65. The number of carbonyl (C=O) groups is 1. The van der Waals surface area contributed by atoms with Crippen LogP contribution in [0, 0.1) is 0 Å². The van der Waals surface area contributed by atoms with E-state index in [0.717, 1.165) is 19.1 Å². The minimum Gasteiger partial charge on any atom is -0.350 e. The molecule has 0 heterocycles. The zero-order chi connectivity index (χ0) is 17.6. The molecule has 2 rings (SSSR count). The summed E-state index contributed by atoms with van der Waals surface area (Å²) >= 11 is 0. The molecule has 2 aromatic carbocycles. The number of amides is 1. The zero-order valence-electron chi connectivity index (χ0n) is 13.8. The fourth-order valence-corrected chi connectivity index (χ4v) is 2.88. The minimum atomic E-state index is -3.31. The molecule has 0 unspecified atom stereocenters. The number of aryl methyl sites for hydroxylation is 1. The second-order valence-corrected chi connectivity index (χ2v) is 7.60. The Balaban J connectivity index is 1.87. The summed E-state index contributed by atoms with van der Waals surface area (Å²) in [6.07, 6.45) is 2.84. The number of anilines is 1. The number of sulfonamides is 1. The maximum absolute atomic E-state index is 12.2. The molecular formula is C18H22N2O3S. The molecule has 5 nitrogen and oxygen atoms in total. The van der Waals surface area contributed by atoms with Crippen molar-refractivity contribution in [1.82, 2.24) is 5.32 Å². The largest absolute Gasteiger partial charge is 0.350 e. The summed E-state index contributed by atoms with van der Waals surface area (Å²) in [6.45, 7) is 1.97. The van der Waals surface area contributed by atoms with Crippen molar-refractivity contribution in [2.45, 2.75) is 25.8 Å². The van der Waals surface area contributed by atoms with Gasteiger partial charge in [-0.05, 0) is 49.6 Å². The predicted molar refractivity (Wildman–Crippen MR) is 96.6 cm³/mol. The van der Waals surface area contributed by atoms with Gasteiger partial charge in [0.1, 0.15) is 0 Å². The number of carbonyl (C=O) groups excluding carboxylic acids is 1. The molecule has 0 saturated carbocycles. The van der Waals surface area contributed by atoms with E-state index in [2.05, 4.69) is 22.2 Å². The molecule has 0 saturated heterocycles. The van der Waals surface area contributed by atoms with E-state index in [-0.39, 0.29) is 11.9 Å². The van der Waals surface area contributed by atoms with Crippen LogP contribution < -0.4 is 10.0 Å². The Labute approximate surface area is 143 Å². The van der Waals surface area contributed by atoms with E-state index in [1.807, 2.05) is 25.1 Å². The van der Waals surface area contributed by atoms with Crippen molar-refractivity contribution >= 4 is 21.6 Å². The lowest BCUT2D eigenvalue weighted by atomic mass is 10.1. The molecule has 1 atom stereocenters. The molecule has 24 heavy (non-hydrogen) atoms. The average molecular weight is 346 g/mol. The molecule has 0 aliphatic heterocycles. The first-order valence-electron chi connectivity index (χ1n) is 7.76. The Morgan fingerprint density at radius 3 is 2.25 bits per heavy atom. The van der Waals surface area contributed by atoms with Gasteiger partial charge in [-0.25, -0.2) is 8.42 Å². The van der Waals surface area contributed by atoms with Crippen LogP contribution in [-0.2, 0) is 16.4 Å². The molecule has 0 aromatic heterocycles.